The summed E-state index contributed by atoms with van der Waals surface area (Å²) in [6.07, 6.45) is -8.47. The Balaban J connectivity index is 3.20. The molecule has 0 aromatic heterocycles. The predicted octanol–water partition coefficient (Wildman–Crippen LogP) is 4.47. The molecule has 0 amide bonds. The molecule has 23 heavy (non-hydrogen) atoms. The van der Waals surface area contributed by atoms with Crippen molar-refractivity contribution >= 4 is 5.97 Å². The lowest BCUT2D eigenvalue weighted by Gasteiger charge is -2.30. The number of carbonyl (C=O) groups is 1. The molecule has 0 aliphatic carbocycles. The number of rotatable bonds is 5. The lowest BCUT2D eigenvalue weighted by Crippen LogP contribution is -2.52. The smallest absolute Gasteiger partial charge is 0.459 e. The van der Waals surface area contributed by atoms with Gasteiger partial charge in [-0.25, -0.2) is 0 Å². The minimum atomic E-state index is -6.44. The second-order valence-electron chi connectivity index (χ2n) is 4.97. The summed E-state index contributed by atoms with van der Waals surface area (Å²) < 4.78 is 93.8. The maximum atomic E-state index is 13.5. The number of esters is 1. The molecule has 1 atom stereocenters. The third-order valence-corrected chi connectivity index (χ3v) is 3.24. The number of carbonyl (C=O) groups excluding carboxylic acids is 1. The Morgan fingerprint density at radius 3 is 1.91 bits per heavy atom. The second-order valence-corrected chi connectivity index (χ2v) is 4.97. The van der Waals surface area contributed by atoms with Crippen molar-refractivity contribution in [3.63, 3.8) is 0 Å². The number of methoxy groups -OCH3 is 1. The largest absolute Gasteiger partial charge is 0.469 e. The third kappa shape index (κ3) is 3.94. The highest BCUT2D eigenvalue weighted by Gasteiger charge is 2.73. The Kier molecular flexibility index (Phi) is 5.33. The molecular formula is C14H13F7O2. The average Bonchev–Trinajstić information content (AvgIpc) is 2.43. The Labute approximate surface area is 127 Å². The number of benzene rings is 1. The summed E-state index contributed by atoms with van der Waals surface area (Å²) in [6, 6.07) is 5.20. The molecule has 0 N–H and O–H groups in total. The van der Waals surface area contributed by atoms with E-state index in [2.05, 4.69) is 4.74 Å². The zero-order valence-corrected chi connectivity index (χ0v) is 12.1. The molecule has 0 saturated heterocycles. The van der Waals surface area contributed by atoms with Crippen LogP contribution < -0.4 is 0 Å². The molecule has 1 aromatic carbocycles. The number of ether oxygens (including phenoxy) is 1. The molecule has 9 heteroatoms. The van der Waals surface area contributed by atoms with Gasteiger partial charge in [0, 0.05) is 6.42 Å². The van der Waals surface area contributed by atoms with Gasteiger partial charge in [-0.05, 0) is 12.5 Å². The van der Waals surface area contributed by atoms with Crippen LogP contribution in [0, 0.1) is 6.92 Å². The van der Waals surface area contributed by atoms with E-state index in [4.69, 9.17) is 0 Å². The van der Waals surface area contributed by atoms with Gasteiger partial charge in [-0.2, -0.15) is 30.7 Å². The number of aryl methyl sites for hydroxylation is 1. The molecule has 1 aromatic rings. The third-order valence-electron chi connectivity index (χ3n) is 3.24. The van der Waals surface area contributed by atoms with Crippen LogP contribution in [-0.2, 0) is 9.53 Å². The van der Waals surface area contributed by atoms with Crippen molar-refractivity contribution < 1.29 is 40.3 Å². The van der Waals surface area contributed by atoms with Crippen molar-refractivity contribution in [3.8, 4) is 0 Å². The van der Waals surface area contributed by atoms with E-state index in [1.807, 2.05) is 0 Å². The normalized spacial score (nSPS) is 14.5. The first-order chi connectivity index (χ1) is 10.3. The Morgan fingerprint density at radius 2 is 1.52 bits per heavy atom. The lowest BCUT2D eigenvalue weighted by molar-refractivity contribution is -0.356. The molecule has 2 nitrogen and oxygen atoms in total. The fourth-order valence-electron chi connectivity index (χ4n) is 1.87. The van der Waals surface area contributed by atoms with Crippen LogP contribution in [0.4, 0.5) is 30.7 Å². The van der Waals surface area contributed by atoms with Crippen LogP contribution in [0.15, 0.2) is 24.3 Å². The summed E-state index contributed by atoms with van der Waals surface area (Å²) in [7, 11) is 0.823. The zero-order valence-electron chi connectivity index (χ0n) is 12.1. The zero-order chi connectivity index (χ0) is 18.1. The fraction of sp³-hybridized carbons (Fsp3) is 0.500. The molecule has 0 aliphatic heterocycles. The van der Waals surface area contributed by atoms with Crippen LogP contribution in [-0.4, -0.2) is 31.1 Å². The Bertz CT molecular complexity index is 549. The van der Waals surface area contributed by atoms with Crippen molar-refractivity contribution in [2.75, 3.05) is 7.11 Å². The highest BCUT2D eigenvalue weighted by atomic mass is 19.4. The summed E-state index contributed by atoms with van der Waals surface area (Å²) in [4.78, 5) is 11.6. The SMILES string of the molecule is COC(=O)C(CC(F)(F)C(F)(F)C(F)(F)F)c1ccc(C)cc1. The molecule has 1 unspecified atom stereocenters. The van der Waals surface area contributed by atoms with Crippen molar-refractivity contribution in [1.82, 2.24) is 0 Å². The summed E-state index contributed by atoms with van der Waals surface area (Å²) in [6.45, 7) is 1.64. The van der Waals surface area contributed by atoms with Crippen molar-refractivity contribution in [1.29, 1.82) is 0 Å². The van der Waals surface area contributed by atoms with E-state index in [0.717, 1.165) is 7.11 Å². The maximum absolute atomic E-state index is 13.5. The number of alkyl halides is 7. The van der Waals surface area contributed by atoms with E-state index in [1.54, 1.807) is 6.92 Å². The van der Waals surface area contributed by atoms with E-state index in [-0.39, 0.29) is 5.56 Å². The van der Waals surface area contributed by atoms with Gasteiger partial charge in [0.05, 0.1) is 13.0 Å². The monoisotopic (exact) mass is 346 g/mol. The standard InChI is InChI=1S/C14H13F7O2/c1-8-3-5-9(6-4-8)10(11(22)23-2)7-12(15,16)13(17,18)14(19,20)21/h3-6,10H,7H2,1-2H3. The van der Waals surface area contributed by atoms with Gasteiger partial charge >= 0.3 is 24.0 Å². The Morgan fingerprint density at radius 1 is 1.04 bits per heavy atom. The lowest BCUT2D eigenvalue weighted by atomic mass is 9.90. The summed E-state index contributed by atoms with van der Waals surface area (Å²) in [5.41, 5.74) is 0.546. The fourth-order valence-corrected chi connectivity index (χ4v) is 1.87. The quantitative estimate of drug-likeness (QED) is 0.581. The second kappa shape index (κ2) is 6.37. The van der Waals surface area contributed by atoms with Gasteiger partial charge in [-0.15, -0.1) is 0 Å². The summed E-state index contributed by atoms with van der Waals surface area (Å²) in [5, 5.41) is 0. The highest BCUT2D eigenvalue weighted by molar-refractivity contribution is 5.78. The molecule has 0 heterocycles. The van der Waals surface area contributed by atoms with Crippen molar-refractivity contribution in [3.05, 3.63) is 35.4 Å². The van der Waals surface area contributed by atoms with E-state index in [1.165, 1.54) is 24.3 Å². The number of halogens is 7. The maximum Gasteiger partial charge on any atom is 0.459 e. The van der Waals surface area contributed by atoms with E-state index in [9.17, 15) is 35.5 Å². The van der Waals surface area contributed by atoms with Crippen LogP contribution >= 0.6 is 0 Å². The molecule has 0 saturated carbocycles. The van der Waals surface area contributed by atoms with Crippen LogP contribution in [0.2, 0.25) is 0 Å². The van der Waals surface area contributed by atoms with Crippen LogP contribution in [0.5, 0.6) is 0 Å². The molecule has 130 valence electrons. The average molecular weight is 346 g/mol. The summed E-state index contributed by atoms with van der Waals surface area (Å²) in [5.74, 6) is -15.0. The molecule has 0 aliphatic rings. The first-order valence-corrected chi connectivity index (χ1v) is 6.30. The predicted molar refractivity (Wildman–Crippen MR) is 66.5 cm³/mol. The molecular weight excluding hydrogens is 333 g/mol. The van der Waals surface area contributed by atoms with Gasteiger partial charge in [-0.1, -0.05) is 29.8 Å². The molecule has 0 bridgehead atoms. The first-order valence-electron chi connectivity index (χ1n) is 6.30. The molecule has 0 fully saturated rings. The van der Waals surface area contributed by atoms with E-state index >= 15 is 0 Å². The van der Waals surface area contributed by atoms with Gasteiger partial charge in [0.2, 0.25) is 0 Å². The Hall–Kier alpha value is -1.80. The van der Waals surface area contributed by atoms with Crippen LogP contribution in [0.3, 0.4) is 0 Å². The highest BCUT2D eigenvalue weighted by Crippen LogP contribution is 2.50. The van der Waals surface area contributed by atoms with Gasteiger partial charge in [0.1, 0.15) is 0 Å². The minimum Gasteiger partial charge on any atom is -0.469 e. The van der Waals surface area contributed by atoms with Gasteiger partial charge in [0.15, 0.2) is 0 Å². The van der Waals surface area contributed by atoms with Crippen LogP contribution in [0.1, 0.15) is 23.5 Å². The number of hydrogen-bond donors (Lipinski definition) is 0. The van der Waals surface area contributed by atoms with Gasteiger partial charge in [0.25, 0.3) is 0 Å². The minimum absolute atomic E-state index is 0.139. The van der Waals surface area contributed by atoms with E-state index in [0.29, 0.717) is 5.56 Å². The molecule has 0 spiro atoms. The molecule has 0 radical (unpaired) electrons. The first kappa shape index (κ1) is 19.2. The van der Waals surface area contributed by atoms with Gasteiger partial charge in [-0.3, -0.25) is 4.79 Å². The molecule has 1 rings (SSSR count). The van der Waals surface area contributed by atoms with E-state index < -0.39 is 36.3 Å². The number of hydrogen-bond acceptors (Lipinski definition) is 2. The summed E-state index contributed by atoms with van der Waals surface area (Å²) >= 11 is 0. The van der Waals surface area contributed by atoms with Crippen molar-refractivity contribution in [2.24, 2.45) is 0 Å². The topological polar surface area (TPSA) is 26.3 Å². The van der Waals surface area contributed by atoms with Crippen LogP contribution in [0.25, 0.3) is 0 Å². The van der Waals surface area contributed by atoms with Gasteiger partial charge < -0.3 is 4.74 Å². The van der Waals surface area contributed by atoms with Crippen molar-refractivity contribution in [2.45, 2.75) is 37.3 Å².